The molecule has 0 aliphatic carbocycles. The fourth-order valence-corrected chi connectivity index (χ4v) is 4.60. The van der Waals surface area contributed by atoms with Crippen molar-refractivity contribution in [1.29, 1.82) is 0 Å². The third-order valence-corrected chi connectivity index (χ3v) is 6.18. The number of carbonyl (C=O) groups excluding carboxylic acids is 1. The maximum atomic E-state index is 12.3. The predicted molar refractivity (Wildman–Crippen MR) is 125 cm³/mol. The third-order valence-electron chi connectivity index (χ3n) is 5.46. The number of benzene rings is 2. The number of nitrogens with zero attached hydrogens (tertiary/aromatic N) is 2. The van der Waals surface area contributed by atoms with Gasteiger partial charge in [-0.05, 0) is 29.7 Å². The first-order valence-corrected chi connectivity index (χ1v) is 11.4. The van der Waals surface area contributed by atoms with Crippen LogP contribution in [0.2, 0.25) is 0 Å². The van der Waals surface area contributed by atoms with Crippen molar-refractivity contribution in [2.24, 2.45) is 0 Å². The van der Waals surface area contributed by atoms with Gasteiger partial charge in [0.25, 0.3) is 0 Å². The third kappa shape index (κ3) is 4.21. The highest BCUT2D eigenvalue weighted by atomic mass is 32.1. The number of imidazole rings is 1. The molecule has 2 aromatic heterocycles. The number of fused-ring (bicyclic) bond motifs is 1. The lowest BCUT2D eigenvalue weighted by atomic mass is 9.97. The fourth-order valence-electron chi connectivity index (χ4n) is 3.85. The molecule has 0 aliphatic rings. The molecule has 5 nitrogen and oxygen atoms in total. The molecule has 4 rings (SSSR count). The molecule has 0 fully saturated rings. The van der Waals surface area contributed by atoms with Crippen LogP contribution in [0.15, 0.2) is 53.2 Å². The van der Waals surface area contributed by atoms with Gasteiger partial charge in [-0.3, -0.25) is 0 Å². The smallest absolute Gasteiger partial charge is 0.338 e. The van der Waals surface area contributed by atoms with Gasteiger partial charge in [0.2, 0.25) is 0 Å². The summed E-state index contributed by atoms with van der Waals surface area (Å²) in [4.78, 5) is 17.1. The first-order valence-electron chi connectivity index (χ1n) is 10.4. The summed E-state index contributed by atoms with van der Waals surface area (Å²) in [6.07, 6.45) is 3.26. The highest BCUT2D eigenvalue weighted by Gasteiger charge is 2.18. The van der Waals surface area contributed by atoms with Gasteiger partial charge < -0.3 is 14.0 Å². The quantitative estimate of drug-likeness (QED) is 0.322. The number of thiophene rings is 1. The molecule has 2 aromatic carbocycles. The van der Waals surface area contributed by atoms with Gasteiger partial charge in [-0.1, -0.05) is 43.7 Å². The Morgan fingerprint density at radius 3 is 2.61 bits per heavy atom. The number of unbranched alkanes of at least 4 members (excludes halogenated alkanes) is 1. The van der Waals surface area contributed by atoms with Crippen molar-refractivity contribution >= 4 is 28.3 Å². The monoisotopic (exact) mass is 434 g/mol. The van der Waals surface area contributed by atoms with Gasteiger partial charge in [0.15, 0.2) is 0 Å². The Labute approximate surface area is 186 Å². The molecule has 0 unspecified atom stereocenters. The first kappa shape index (κ1) is 21.1. The average Bonchev–Trinajstić information content (AvgIpc) is 3.39. The molecule has 4 aromatic rings. The van der Waals surface area contributed by atoms with Gasteiger partial charge in [-0.2, -0.15) is 0 Å². The van der Waals surface area contributed by atoms with E-state index in [4.69, 9.17) is 14.5 Å². The van der Waals surface area contributed by atoms with Gasteiger partial charge in [-0.25, -0.2) is 9.78 Å². The van der Waals surface area contributed by atoms with Crippen molar-refractivity contribution < 1.29 is 14.3 Å². The number of rotatable bonds is 8. The molecule has 0 aliphatic heterocycles. The van der Waals surface area contributed by atoms with Crippen LogP contribution in [0.4, 0.5) is 0 Å². The molecule has 0 saturated heterocycles. The van der Waals surface area contributed by atoms with E-state index in [2.05, 4.69) is 34.4 Å². The lowest BCUT2D eigenvalue weighted by Crippen LogP contribution is -2.06. The number of hydrogen-bond donors (Lipinski definition) is 0. The Balaban J connectivity index is 1.67. The lowest BCUT2D eigenvalue weighted by molar-refractivity contribution is 0.0601. The molecule has 0 saturated carbocycles. The Hall–Kier alpha value is -3.12. The van der Waals surface area contributed by atoms with Crippen LogP contribution < -0.4 is 4.74 Å². The van der Waals surface area contributed by atoms with Gasteiger partial charge in [0.05, 0.1) is 30.8 Å². The second-order valence-corrected chi connectivity index (χ2v) is 8.17. The maximum absolute atomic E-state index is 12.3. The highest BCUT2D eigenvalue weighted by Crippen LogP contribution is 2.34. The van der Waals surface area contributed by atoms with Crippen molar-refractivity contribution in [2.45, 2.75) is 32.7 Å². The van der Waals surface area contributed by atoms with Gasteiger partial charge in [-0.15, -0.1) is 11.3 Å². The number of carbonyl (C=O) groups is 1. The van der Waals surface area contributed by atoms with Crippen molar-refractivity contribution in [2.75, 3.05) is 14.2 Å². The van der Waals surface area contributed by atoms with Crippen LogP contribution in [-0.4, -0.2) is 29.7 Å². The largest absolute Gasteiger partial charge is 0.496 e. The molecule has 0 atom stereocenters. The van der Waals surface area contributed by atoms with E-state index in [1.165, 1.54) is 18.2 Å². The van der Waals surface area contributed by atoms with E-state index in [0.717, 1.165) is 48.3 Å². The van der Waals surface area contributed by atoms with Crippen LogP contribution in [0.3, 0.4) is 0 Å². The summed E-state index contributed by atoms with van der Waals surface area (Å²) >= 11 is 1.69. The van der Waals surface area contributed by atoms with Crippen molar-refractivity contribution in [3.8, 4) is 16.9 Å². The standard InChI is InChI=1S/C25H26N2O3S/c1-4-5-9-23-26-20-15-31-16-21(20)27(23)14-17-10-12-18(13-11-17)24-19(25(28)30-3)7-6-8-22(24)29-2/h6-8,10-13,15-16H,4-5,9,14H2,1-3H3. The molecule has 0 radical (unpaired) electrons. The molecule has 2 heterocycles. The van der Waals surface area contributed by atoms with E-state index in [-0.39, 0.29) is 5.97 Å². The summed E-state index contributed by atoms with van der Waals surface area (Å²) in [5.74, 6) is 1.41. The summed E-state index contributed by atoms with van der Waals surface area (Å²) < 4.78 is 12.8. The van der Waals surface area contributed by atoms with Crippen LogP contribution >= 0.6 is 11.3 Å². The normalized spacial score (nSPS) is 11.1. The Bertz CT molecular complexity index is 1190. The number of ether oxygens (including phenoxy) is 2. The summed E-state index contributed by atoms with van der Waals surface area (Å²) in [7, 11) is 3.00. The zero-order valence-electron chi connectivity index (χ0n) is 18.1. The van der Waals surface area contributed by atoms with Crippen LogP contribution in [0.5, 0.6) is 5.75 Å². The average molecular weight is 435 g/mol. The number of aromatic nitrogens is 2. The Kier molecular flexibility index (Phi) is 6.37. The van der Waals surface area contributed by atoms with Gasteiger partial charge >= 0.3 is 5.97 Å². The zero-order valence-corrected chi connectivity index (χ0v) is 18.9. The summed E-state index contributed by atoms with van der Waals surface area (Å²) in [6.45, 7) is 2.97. The number of esters is 1. The van der Waals surface area contributed by atoms with Gasteiger partial charge in [0.1, 0.15) is 11.6 Å². The van der Waals surface area contributed by atoms with E-state index >= 15 is 0 Å². The summed E-state index contributed by atoms with van der Waals surface area (Å²) in [6, 6.07) is 13.7. The molecule has 0 spiro atoms. The topological polar surface area (TPSA) is 53.4 Å². The number of hydrogen-bond acceptors (Lipinski definition) is 5. The van der Waals surface area contributed by atoms with Crippen molar-refractivity contribution in [3.05, 3.63) is 70.2 Å². The van der Waals surface area contributed by atoms with E-state index in [9.17, 15) is 4.79 Å². The zero-order chi connectivity index (χ0) is 21.8. The van der Waals surface area contributed by atoms with E-state index in [1.54, 1.807) is 30.6 Å². The predicted octanol–water partition coefficient (Wildman–Crippen LogP) is 5.95. The molecule has 0 N–H and O–H groups in total. The van der Waals surface area contributed by atoms with E-state index in [0.29, 0.717) is 11.3 Å². The van der Waals surface area contributed by atoms with Crippen LogP contribution in [-0.2, 0) is 17.7 Å². The number of methoxy groups -OCH3 is 2. The van der Waals surface area contributed by atoms with Crippen LogP contribution in [0, 0.1) is 0 Å². The Morgan fingerprint density at radius 1 is 1.10 bits per heavy atom. The van der Waals surface area contributed by atoms with Crippen LogP contribution in [0.25, 0.3) is 22.2 Å². The number of aryl methyl sites for hydroxylation is 1. The minimum atomic E-state index is -0.378. The molecular weight excluding hydrogens is 408 g/mol. The fraction of sp³-hybridized carbons (Fsp3) is 0.280. The lowest BCUT2D eigenvalue weighted by Gasteiger charge is -2.14. The minimum absolute atomic E-state index is 0.378. The second-order valence-electron chi connectivity index (χ2n) is 7.43. The van der Waals surface area contributed by atoms with E-state index in [1.807, 2.05) is 18.2 Å². The van der Waals surface area contributed by atoms with E-state index < -0.39 is 0 Å². The second kappa shape index (κ2) is 9.35. The van der Waals surface area contributed by atoms with Crippen molar-refractivity contribution in [3.63, 3.8) is 0 Å². The molecule has 0 bridgehead atoms. The molecular formula is C25H26N2O3S. The van der Waals surface area contributed by atoms with Gasteiger partial charge in [0, 0.05) is 29.3 Å². The highest BCUT2D eigenvalue weighted by molar-refractivity contribution is 7.09. The summed E-state index contributed by atoms with van der Waals surface area (Å²) in [5, 5.41) is 4.28. The van der Waals surface area contributed by atoms with Crippen molar-refractivity contribution in [1.82, 2.24) is 9.55 Å². The molecule has 6 heteroatoms. The summed E-state index contributed by atoms with van der Waals surface area (Å²) in [5.41, 5.74) is 5.60. The minimum Gasteiger partial charge on any atom is -0.496 e. The molecule has 160 valence electrons. The first-order chi connectivity index (χ1) is 15.2. The SMILES string of the molecule is CCCCc1nc2cscc2n1Cc1ccc(-c2c(OC)cccc2C(=O)OC)cc1. The Morgan fingerprint density at radius 2 is 1.90 bits per heavy atom. The molecule has 31 heavy (non-hydrogen) atoms. The van der Waals surface area contributed by atoms with Crippen LogP contribution in [0.1, 0.15) is 41.5 Å². The molecule has 0 amide bonds. The maximum Gasteiger partial charge on any atom is 0.338 e.